The van der Waals surface area contributed by atoms with Crippen molar-refractivity contribution in [2.24, 2.45) is 0 Å². The van der Waals surface area contributed by atoms with Crippen LogP contribution in [0, 0.1) is 12.3 Å². The van der Waals surface area contributed by atoms with Crippen molar-refractivity contribution >= 4 is 12.0 Å². The van der Waals surface area contributed by atoms with Gasteiger partial charge in [0.1, 0.15) is 5.76 Å². The summed E-state index contributed by atoms with van der Waals surface area (Å²) in [6.07, 6.45) is 9.45. The molecule has 0 unspecified atom stereocenters. The molecule has 0 aromatic carbocycles. The number of rotatable bonds is 3. The third-order valence-corrected chi connectivity index (χ3v) is 1.31. The lowest BCUT2D eigenvalue weighted by atomic mass is 10.4. The molecule has 66 valence electrons. The van der Waals surface area contributed by atoms with E-state index in [1.54, 1.807) is 24.5 Å². The SMILES string of the molecule is C#CCNC(=O)C=Cc1ccco1. The van der Waals surface area contributed by atoms with Gasteiger partial charge < -0.3 is 9.73 Å². The Hall–Kier alpha value is -1.95. The van der Waals surface area contributed by atoms with Crippen molar-refractivity contribution in [2.75, 3.05) is 6.54 Å². The van der Waals surface area contributed by atoms with E-state index in [4.69, 9.17) is 10.8 Å². The number of furan rings is 1. The lowest BCUT2D eigenvalue weighted by molar-refractivity contribution is -0.116. The molecule has 0 spiro atoms. The first-order valence-electron chi connectivity index (χ1n) is 3.76. The van der Waals surface area contributed by atoms with Crippen LogP contribution in [0.3, 0.4) is 0 Å². The van der Waals surface area contributed by atoms with Gasteiger partial charge in [-0.25, -0.2) is 0 Å². The average molecular weight is 175 g/mol. The Balaban J connectivity index is 2.41. The molecular weight excluding hydrogens is 166 g/mol. The summed E-state index contributed by atoms with van der Waals surface area (Å²) >= 11 is 0. The normalized spacial score (nSPS) is 9.77. The standard InChI is InChI=1S/C10H9NO2/c1-2-7-11-10(12)6-5-9-4-3-8-13-9/h1,3-6,8H,7H2,(H,11,12). The quantitative estimate of drug-likeness (QED) is 0.551. The molecule has 1 N–H and O–H groups in total. The molecular formula is C10H9NO2. The molecule has 0 aliphatic rings. The number of hydrogen-bond donors (Lipinski definition) is 1. The number of carbonyl (C=O) groups excluding carboxylic acids is 1. The topological polar surface area (TPSA) is 42.2 Å². The van der Waals surface area contributed by atoms with Crippen LogP contribution >= 0.6 is 0 Å². The molecule has 0 aliphatic heterocycles. The zero-order valence-corrected chi connectivity index (χ0v) is 6.99. The van der Waals surface area contributed by atoms with E-state index < -0.39 is 0 Å². The molecule has 1 aromatic heterocycles. The van der Waals surface area contributed by atoms with E-state index >= 15 is 0 Å². The van der Waals surface area contributed by atoms with Crippen LogP contribution < -0.4 is 5.32 Å². The van der Waals surface area contributed by atoms with Gasteiger partial charge in [-0.3, -0.25) is 4.79 Å². The molecule has 3 heteroatoms. The second kappa shape index (κ2) is 4.83. The number of terminal acetylenes is 1. The maximum Gasteiger partial charge on any atom is 0.244 e. The molecule has 1 rings (SSSR count). The number of amides is 1. The summed E-state index contributed by atoms with van der Waals surface area (Å²) in [6, 6.07) is 3.50. The molecule has 0 aliphatic carbocycles. The van der Waals surface area contributed by atoms with Crippen molar-refractivity contribution in [2.45, 2.75) is 0 Å². The van der Waals surface area contributed by atoms with Gasteiger partial charge in [0.2, 0.25) is 5.91 Å². The Morgan fingerprint density at radius 3 is 3.23 bits per heavy atom. The average Bonchev–Trinajstić information content (AvgIpc) is 2.64. The fraction of sp³-hybridized carbons (Fsp3) is 0.100. The van der Waals surface area contributed by atoms with Crippen LogP contribution in [0.1, 0.15) is 5.76 Å². The summed E-state index contributed by atoms with van der Waals surface area (Å²) in [7, 11) is 0. The fourth-order valence-corrected chi connectivity index (χ4v) is 0.741. The first kappa shape index (κ1) is 9.14. The fourth-order valence-electron chi connectivity index (χ4n) is 0.741. The summed E-state index contributed by atoms with van der Waals surface area (Å²) in [6.45, 7) is 0.237. The van der Waals surface area contributed by atoms with E-state index in [0.29, 0.717) is 5.76 Å². The first-order chi connectivity index (χ1) is 6.33. The largest absolute Gasteiger partial charge is 0.465 e. The summed E-state index contributed by atoms with van der Waals surface area (Å²) in [5.74, 6) is 2.71. The minimum absolute atomic E-state index is 0.227. The molecule has 0 saturated heterocycles. The van der Waals surface area contributed by atoms with E-state index in [1.807, 2.05) is 0 Å². The van der Waals surface area contributed by atoms with Gasteiger partial charge in [0, 0.05) is 6.08 Å². The molecule has 0 atom stereocenters. The van der Waals surface area contributed by atoms with Crippen LogP contribution in [0.2, 0.25) is 0 Å². The Labute approximate surface area is 76.4 Å². The smallest absolute Gasteiger partial charge is 0.244 e. The van der Waals surface area contributed by atoms with Gasteiger partial charge in [-0.15, -0.1) is 6.42 Å². The summed E-state index contributed by atoms with van der Waals surface area (Å²) in [4.78, 5) is 11.0. The van der Waals surface area contributed by atoms with Crippen LogP contribution in [-0.2, 0) is 4.79 Å². The van der Waals surface area contributed by atoms with Gasteiger partial charge in [-0.05, 0) is 18.2 Å². The molecule has 1 amide bonds. The van der Waals surface area contributed by atoms with E-state index in [1.165, 1.54) is 6.08 Å². The zero-order valence-electron chi connectivity index (χ0n) is 6.99. The van der Waals surface area contributed by atoms with Crippen molar-refractivity contribution in [3.8, 4) is 12.3 Å². The van der Waals surface area contributed by atoms with Crippen LogP contribution in [0.15, 0.2) is 28.9 Å². The highest BCUT2D eigenvalue weighted by molar-refractivity contribution is 5.91. The zero-order chi connectivity index (χ0) is 9.52. The molecule has 1 heterocycles. The maximum absolute atomic E-state index is 11.0. The predicted octanol–water partition coefficient (Wildman–Crippen LogP) is 1.04. The molecule has 0 radical (unpaired) electrons. The summed E-state index contributed by atoms with van der Waals surface area (Å²) < 4.78 is 4.98. The highest BCUT2D eigenvalue weighted by atomic mass is 16.3. The van der Waals surface area contributed by atoms with Crippen molar-refractivity contribution in [1.82, 2.24) is 5.32 Å². The Morgan fingerprint density at radius 2 is 2.62 bits per heavy atom. The van der Waals surface area contributed by atoms with E-state index in [2.05, 4.69) is 11.2 Å². The Bertz CT molecular complexity index is 330. The second-order valence-electron chi connectivity index (χ2n) is 2.27. The van der Waals surface area contributed by atoms with Crippen molar-refractivity contribution in [1.29, 1.82) is 0 Å². The van der Waals surface area contributed by atoms with E-state index in [0.717, 1.165) is 0 Å². The summed E-state index contributed by atoms with van der Waals surface area (Å²) in [5, 5.41) is 2.49. The Kier molecular flexibility index (Phi) is 3.40. The van der Waals surface area contributed by atoms with Gasteiger partial charge in [0.15, 0.2) is 0 Å². The lowest BCUT2D eigenvalue weighted by Crippen LogP contribution is -2.20. The van der Waals surface area contributed by atoms with Crippen molar-refractivity contribution in [3.63, 3.8) is 0 Å². The first-order valence-corrected chi connectivity index (χ1v) is 3.76. The number of hydrogen-bond acceptors (Lipinski definition) is 2. The van der Waals surface area contributed by atoms with Crippen molar-refractivity contribution in [3.05, 3.63) is 30.2 Å². The third kappa shape index (κ3) is 3.30. The van der Waals surface area contributed by atoms with Gasteiger partial charge in [0.25, 0.3) is 0 Å². The number of carbonyl (C=O) groups is 1. The van der Waals surface area contributed by atoms with Crippen LogP contribution in [0.4, 0.5) is 0 Å². The van der Waals surface area contributed by atoms with Gasteiger partial charge >= 0.3 is 0 Å². The monoisotopic (exact) mass is 175 g/mol. The van der Waals surface area contributed by atoms with Crippen LogP contribution in [-0.4, -0.2) is 12.5 Å². The summed E-state index contributed by atoms with van der Waals surface area (Å²) in [5.41, 5.74) is 0. The van der Waals surface area contributed by atoms with Gasteiger partial charge in [-0.1, -0.05) is 5.92 Å². The molecule has 0 saturated carbocycles. The molecule has 1 aromatic rings. The van der Waals surface area contributed by atoms with Crippen LogP contribution in [0.25, 0.3) is 6.08 Å². The van der Waals surface area contributed by atoms with Gasteiger partial charge in [0.05, 0.1) is 12.8 Å². The maximum atomic E-state index is 11.0. The molecule has 3 nitrogen and oxygen atoms in total. The molecule has 0 fully saturated rings. The highest BCUT2D eigenvalue weighted by Crippen LogP contribution is 2.01. The Morgan fingerprint density at radius 1 is 1.77 bits per heavy atom. The van der Waals surface area contributed by atoms with Crippen molar-refractivity contribution < 1.29 is 9.21 Å². The lowest BCUT2D eigenvalue weighted by Gasteiger charge is -1.92. The van der Waals surface area contributed by atoms with E-state index in [-0.39, 0.29) is 12.5 Å². The minimum atomic E-state index is -0.227. The predicted molar refractivity (Wildman–Crippen MR) is 49.6 cm³/mol. The number of nitrogens with one attached hydrogen (secondary N) is 1. The third-order valence-electron chi connectivity index (χ3n) is 1.31. The minimum Gasteiger partial charge on any atom is -0.465 e. The van der Waals surface area contributed by atoms with E-state index in [9.17, 15) is 4.79 Å². The molecule has 13 heavy (non-hydrogen) atoms. The highest BCUT2D eigenvalue weighted by Gasteiger charge is 1.92. The second-order valence-corrected chi connectivity index (χ2v) is 2.27. The molecule has 0 bridgehead atoms. The van der Waals surface area contributed by atoms with Gasteiger partial charge in [-0.2, -0.15) is 0 Å². The van der Waals surface area contributed by atoms with Crippen LogP contribution in [0.5, 0.6) is 0 Å².